The summed E-state index contributed by atoms with van der Waals surface area (Å²) < 4.78 is 0. The molecule has 0 unspecified atom stereocenters. The van der Waals surface area contributed by atoms with Crippen molar-refractivity contribution in [2.45, 2.75) is 13.8 Å². The molecule has 0 saturated carbocycles. The first kappa shape index (κ1) is 14.7. The first-order valence-electron chi connectivity index (χ1n) is 8.57. The molecule has 0 saturated heterocycles. The maximum atomic E-state index is 6.27. The smallest absolute Gasteiger partial charge is 0.0412 e. The highest BCUT2D eigenvalue weighted by Crippen LogP contribution is 2.42. The van der Waals surface area contributed by atoms with Crippen LogP contribution in [0.25, 0.3) is 43.4 Å². The molecule has 5 rings (SSSR count). The van der Waals surface area contributed by atoms with Gasteiger partial charge in [0.05, 0.1) is 0 Å². The largest absolute Gasteiger partial charge is 0.0843 e. The van der Waals surface area contributed by atoms with Gasteiger partial charge in [-0.25, -0.2) is 0 Å². The number of rotatable bonds is 1. The third kappa shape index (κ3) is 2.08. The molecular weight excluding hydrogens is 324 g/mol. The second-order valence-corrected chi connectivity index (χ2v) is 7.32. The quantitative estimate of drug-likeness (QED) is 0.277. The van der Waals surface area contributed by atoms with Gasteiger partial charge in [-0.05, 0) is 80.6 Å². The van der Waals surface area contributed by atoms with Crippen molar-refractivity contribution in [1.29, 1.82) is 0 Å². The van der Waals surface area contributed by atoms with E-state index in [1.165, 1.54) is 54.6 Å². The van der Waals surface area contributed by atoms with Gasteiger partial charge in [-0.2, -0.15) is 0 Å². The molecule has 0 fully saturated rings. The average molecular weight is 341 g/mol. The van der Waals surface area contributed by atoms with Gasteiger partial charge in [0.1, 0.15) is 0 Å². The Bertz CT molecular complexity index is 1260. The van der Waals surface area contributed by atoms with E-state index in [2.05, 4.69) is 68.4 Å². The standard InChI is InChI=1S/C24H17Cl/c1-14-6-7-16-8-9-18-12-15(2)22(17-4-3-5-19(25)13-17)21-11-10-20(14)23(16)24(18)21/h3-13H,1-2H3. The average Bonchev–Trinajstić information content (AvgIpc) is 2.60. The summed E-state index contributed by atoms with van der Waals surface area (Å²) in [7, 11) is 0. The Morgan fingerprint density at radius 2 is 1.36 bits per heavy atom. The van der Waals surface area contributed by atoms with Gasteiger partial charge in [-0.15, -0.1) is 0 Å². The molecule has 0 bridgehead atoms. The van der Waals surface area contributed by atoms with Crippen LogP contribution in [0.1, 0.15) is 11.1 Å². The molecule has 0 aliphatic rings. The molecule has 0 aromatic heterocycles. The Morgan fingerprint density at radius 3 is 2.20 bits per heavy atom. The Hall–Kier alpha value is -2.57. The lowest BCUT2D eigenvalue weighted by atomic mass is 9.86. The fourth-order valence-electron chi connectivity index (χ4n) is 4.19. The van der Waals surface area contributed by atoms with Crippen LogP contribution in [0.3, 0.4) is 0 Å². The normalized spacial score (nSPS) is 11.8. The molecule has 0 aliphatic carbocycles. The van der Waals surface area contributed by atoms with Gasteiger partial charge in [0.15, 0.2) is 0 Å². The van der Waals surface area contributed by atoms with E-state index in [9.17, 15) is 0 Å². The fraction of sp³-hybridized carbons (Fsp3) is 0.0833. The van der Waals surface area contributed by atoms with E-state index in [0.717, 1.165) is 5.02 Å². The molecule has 25 heavy (non-hydrogen) atoms. The van der Waals surface area contributed by atoms with Crippen LogP contribution >= 0.6 is 11.6 Å². The zero-order chi connectivity index (χ0) is 17.1. The van der Waals surface area contributed by atoms with Crippen LogP contribution in [0.4, 0.5) is 0 Å². The molecule has 1 heteroatoms. The molecule has 0 atom stereocenters. The van der Waals surface area contributed by atoms with E-state index >= 15 is 0 Å². The van der Waals surface area contributed by atoms with Crippen LogP contribution in [0.15, 0.2) is 66.7 Å². The van der Waals surface area contributed by atoms with Crippen molar-refractivity contribution >= 4 is 43.9 Å². The summed E-state index contributed by atoms with van der Waals surface area (Å²) in [5, 5.41) is 8.77. The Kier molecular flexibility index (Phi) is 3.07. The molecular formula is C24H17Cl. The summed E-state index contributed by atoms with van der Waals surface area (Å²) >= 11 is 6.27. The van der Waals surface area contributed by atoms with E-state index in [0.29, 0.717) is 0 Å². The Balaban J connectivity index is 2.03. The minimum Gasteiger partial charge on any atom is -0.0843 e. The summed E-state index contributed by atoms with van der Waals surface area (Å²) in [4.78, 5) is 0. The topological polar surface area (TPSA) is 0 Å². The van der Waals surface area contributed by atoms with Crippen molar-refractivity contribution in [3.63, 3.8) is 0 Å². The Morgan fingerprint density at radius 1 is 0.640 bits per heavy atom. The van der Waals surface area contributed by atoms with E-state index < -0.39 is 0 Å². The van der Waals surface area contributed by atoms with Crippen molar-refractivity contribution in [2.75, 3.05) is 0 Å². The van der Waals surface area contributed by atoms with E-state index in [-0.39, 0.29) is 0 Å². The SMILES string of the molecule is Cc1cc2ccc3ccc(C)c4ccc(c1-c1cccc(Cl)c1)c2c34. The van der Waals surface area contributed by atoms with Crippen LogP contribution in [-0.4, -0.2) is 0 Å². The minimum atomic E-state index is 0.776. The zero-order valence-electron chi connectivity index (χ0n) is 14.2. The summed E-state index contributed by atoms with van der Waals surface area (Å²) in [5.74, 6) is 0. The van der Waals surface area contributed by atoms with Crippen molar-refractivity contribution < 1.29 is 0 Å². The van der Waals surface area contributed by atoms with Gasteiger partial charge in [0.2, 0.25) is 0 Å². The van der Waals surface area contributed by atoms with Crippen molar-refractivity contribution in [3.05, 3.63) is 82.9 Å². The molecule has 5 aromatic carbocycles. The van der Waals surface area contributed by atoms with Gasteiger partial charge in [0, 0.05) is 5.02 Å². The summed E-state index contributed by atoms with van der Waals surface area (Å²) in [6.07, 6.45) is 0. The van der Waals surface area contributed by atoms with Crippen LogP contribution in [-0.2, 0) is 0 Å². The van der Waals surface area contributed by atoms with Gasteiger partial charge in [0.25, 0.3) is 0 Å². The van der Waals surface area contributed by atoms with E-state index in [1.54, 1.807) is 0 Å². The van der Waals surface area contributed by atoms with Crippen molar-refractivity contribution in [1.82, 2.24) is 0 Å². The molecule has 0 radical (unpaired) electrons. The first-order chi connectivity index (χ1) is 12.1. The number of halogens is 1. The number of hydrogen-bond acceptors (Lipinski definition) is 0. The number of aryl methyl sites for hydroxylation is 2. The third-order valence-corrected chi connectivity index (χ3v) is 5.55. The third-order valence-electron chi connectivity index (χ3n) is 5.31. The number of hydrogen-bond donors (Lipinski definition) is 0. The lowest BCUT2D eigenvalue weighted by Gasteiger charge is -2.17. The van der Waals surface area contributed by atoms with E-state index in [4.69, 9.17) is 11.6 Å². The minimum absolute atomic E-state index is 0.776. The van der Waals surface area contributed by atoms with Gasteiger partial charge >= 0.3 is 0 Å². The predicted molar refractivity (Wildman–Crippen MR) is 110 cm³/mol. The van der Waals surface area contributed by atoms with Crippen LogP contribution in [0.2, 0.25) is 5.02 Å². The molecule has 0 spiro atoms. The highest BCUT2D eigenvalue weighted by atomic mass is 35.5. The van der Waals surface area contributed by atoms with Gasteiger partial charge < -0.3 is 0 Å². The summed E-state index contributed by atoms with van der Waals surface area (Å²) in [6, 6.07) is 23.9. The monoisotopic (exact) mass is 340 g/mol. The molecule has 0 aliphatic heterocycles. The van der Waals surface area contributed by atoms with Crippen molar-refractivity contribution in [3.8, 4) is 11.1 Å². The molecule has 0 heterocycles. The predicted octanol–water partition coefficient (Wildman–Crippen LogP) is 7.52. The lowest BCUT2D eigenvalue weighted by molar-refractivity contribution is 1.50. The van der Waals surface area contributed by atoms with E-state index in [1.807, 2.05) is 12.1 Å². The molecule has 0 N–H and O–H groups in total. The summed E-state index contributed by atoms with van der Waals surface area (Å²) in [5.41, 5.74) is 5.07. The van der Waals surface area contributed by atoms with Crippen LogP contribution < -0.4 is 0 Å². The maximum absolute atomic E-state index is 6.27. The van der Waals surface area contributed by atoms with Crippen molar-refractivity contribution in [2.24, 2.45) is 0 Å². The second kappa shape index (κ2) is 5.21. The molecule has 5 aromatic rings. The Labute approximate surface area is 152 Å². The zero-order valence-corrected chi connectivity index (χ0v) is 15.0. The first-order valence-corrected chi connectivity index (χ1v) is 8.95. The van der Waals surface area contributed by atoms with Gasteiger partial charge in [-0.3, -0.25) is 0 Å². The highest BCUT2D eigenvalue weighted by Gasteiger charge is 2.15. The highest BCUT2D eigenvalue weighted by molar-refractivity contribution is 6.31. The van der Waals surface area contributed by atoms with Crippen LogP contribution in [0, 0.1) is 13.8 Å². The van der Waals surface area contributed by atoms with Crippen LogP contribution in [0.5, 0.6) is 0 Å². The van der Waals surface area contributed by atoms with Gasteiger partial charge in [-0.1, -0.05) is 66.2 Å². The maximum Gasteiger partial charge on any atom is 0.0412 e. The number of benzene rings is 5. The lowest BCUT2D eigenvalue weighted by Crippen LogP contribution is -1.91. The fourth-order valence-corrected chi connectivity index (χ4v) is 4.38. The molecule has 120 valence electrons. The molecule has 0 nitrogen and oxygen atoms in total. The molecule has 0 amide bonds. The summed E-state index contributed by atoms with van der Waals surface area (Å²) in [6.45, 7) is 4.38. The second-order valence-electron chi connectivity index (χ2n) is 6.88.